The first-order valence-corrected chi connectivity index (χ1v) is 6.89. The topological polar surface area (TPSA) is 96.2 Å². The standard InChI is InChI=1S/C16H9F3N2O4/c17-16(18,19)9-3-1-2-8(6-9)10-4-5-13(21(24)25)14-11(10)7-12(20-14)15(22)23/h1-7,20H,(H,22,23). The number of aromatic carboxylic acids is 1. The molecule has 0 saturated carbocycles. The van der Waals surface area contributed by atoms with E-state index in [0.717, 1.165) is 18.2 Å². The van der Waals surface area contributed by atoms with Gasteiger partial charge in [-0.2, -0.15) is 13.2 Å². The van der Waals surface area contributed by atoms with Crippen LogP contribution in [0.5, 0.6) is 0 Å². The number of halogens is 3. The van der Waals surface area contributed by atoms with Gasteiger partial charge in [0.1, 0.15) is 11.2 Å². The van der Waals surface area contributed by atoms with E-state index < -0.39 is 22.6 Å². The number of aromatic nitrogens is 1. The van der Waals surface area contributed by atoms with Gasteiger partial charge in [-0.25, -0.2) is 4.79 Å². The minimum atomic E-state index is -4.54. The second-order valence-corrected chi connectivity index (χ2v) is 5.24. The van der Waals surface area contributed by atoms with Crippen LogP contribution in [0, 0.1) is 10.1 Å². The number of hydrogen-bond acceptors (Lipinski definition) is 3. The number of nitrogens with one attached hydrogen (secondary N) is 1. The maximum atomic E-state index is 12.9. The molecule has 0 unspecified atom stereocenters. The Morgan fingerprint density at radius 3 is 2.48 bits per heavy atom. The average molecular weight is 350 g/mol. The van der Waals surface area contributed by atoms with Crippen LogP contribution in [-0.4, -0.2) is 21.0 Å². The van der Waals surface area contributed by atoms with Gasteiger partial charge < -0.3 is 10.1 Å². The summed E-state index contributed by atoms with van der Waals surface area (Å²) in [6.07, 6.45) is -4.54. The molecule has 2 aromatic carbocycles. The first kappa shape index (κ1) is 16.5. The molecular weight excluding hydrogens is 341 g/mol. The van der Waals surface area contributed by atoms with Gasteiger partial charge in [0.2, 0.25) is 0 Å². The van der Waals surface area contributed by atoms with Crippen LogP contribution in [-0.2, 0) is 6.18 Å². The van der Waals surface area contributed by atoms with E-state index >= 15 is 0 Å². The fraction of sp³-hybridized carbons (Fsp3) is 0.0625. The van der Waals surface area contributed by atoms with Gasteiger partial charge in [0.15, 0.2) is 0 Å². The van der Waals surface area contributed by atoms with Gasteiger partial charge in [-0.3, -0.25) is 10.1 Å². The number of carboxylic acid groups (broad SMARTS) is 1. The Morgan fingerprint density at radius 1 is 1.16 bits per heavy atom. The van der Waals surface area contributed by atoms with Crippen molar-refractivity contribution in [3.05, 3.63) is 63.8 Å². The number of rotatable bonds is 3. The van der Waals surface area contributed by atoms with E-state index in [1.54, 1.807) is 0 Å². The van der Waals surface area contributed by atoms with Gasteiger partial charge in [0, 0.05) is 11.5 Å². The molecular formula is C16H9F3N2O4. The van der Waals surface area contributed by atoms with Crippen molar-refractivity contribution in [2.75, 3.05) is 0 Å². The summed E-state index contributed by atoms with van der Waals surface area (Å²) in [4.78, 5) is 24.0. The summed E-state index contributed by atoms with van der Waals surface area (Å²) in [5.41, 5.74) is -1.15. The number of nitro benzene ring substituents is 1. The number of H-pyrrole nitrogens is 1. The molecule has 0 amide bonds. The van der Waals surface area contributed by atoms with Gasteiger partial charge >= 0.3 is 12.1 Å². The van der Waals surface area contributed by atoms with E-state index in [0.29, 0.717) is 0 Å². The molecule has 0 fully saturated rings. The molecule has 9 heteroatoms. The van der Waals surface area contributed by atoms with Crippen LogP contribution in [0.2, 0.25) is 0 Å². The Labute approximate surface area is 137 Å². The molecule has 0 radical (unpaired) electrons. The molecule has 0 aliphatic heterocycles. The minimum Gasteiger partial charge on any atom is -0.477 e. The molecule has 3 rings (SSSR count). The molecule has 6 nitrogen and oxygen atoms in total. The molecule has 0 spiro atoms. The van der Waals surface area contributed by atoms with E-state index in [2.05, 4.69) is 4.98 Å². The Hall–Kier alpha value is -3.36. The SMILES string of the molecule is O=C(O)c1cc2c(-c3cccc(C(F)(F)F)c3)ccc([N+](=O)[O-])c2[nH]1. The van der Waals surface area contributed by atoms with Crippen molar-refractivity contribution >= 4 is 22.6 Å². The van der Waals surface area contributed by atoms with E-state index in [9.17, 15) is 28.1 Å². The fourth-order valence-electron chi connectivity index (χ4n) is 2.59. The molecule has 2 N–H and O–H groups in total. The lowest BCUT2D eigenvalue weighted by Crippen LogP contribution is -2.04. The fourth-order valence-corrected chi connectivity index (χ4v) is 2.59. The summed E-state index contributed by atoms with van der Waals surface area (Å²) in [5.74, 6) is -1.33. The number of alkyl halides is 3. The van der Waals surface area contributed by atoms with Crippen molar-refractivity contribution < 1.29 is 28.0 Å². The zero-order valence-corrected chi connectivity index (χ0v) is 12.3. The van der Waals surface area contributed by atoms with E-state index in [1.807, 2.05) is 0 Å². The predicted molar refractivity (Wildman–Crippen MR) is 82.4 cm³/mol. The first-order valence-electron chi connectivity index (χ1n) is 6.89. The van der Waals surface area contributed by atoms with E-state index in [4.69, 9.17) is 5.11 Å². The Bertz CT molecular complexity index is 1010. The number of nitro groups is 1. The second kappa shape index (κ2) is 5.62. The molecule has 0 bridgehead atoms. The van der Waals surface area contributed by atoms with Crippen molar-refractivity contribution in [1.29, 1.82) is 0 Å². The lowest BCUT2D eigenvalue weighted by Gasteiger charge is -2.09. The minimum absolute atomic E-state index is 0.0580. The summed E-state index contributed by atoms with van der Waals surface area (Å²) >= 11 is 0. The summed E-state index contributed by atoms with van der Waals surface area (Å²) in [5, 5.41) is 20.4. The van der Waals surface area contributed by atoms with Crippen molar-refractivity contribution in [2.45, 2.75) is 6.18 Å². The lowest BCUT2D eigenvalue weighted by molar-refractivity contribution is -0.383. The summed E-state index contributed by atoms with van der Waals surface area (Å²) < 4.78 is 38.7. The number of aromatic amines is 1. The maximum Gasteiger partial charge on any atom is 0.416 e. The number of carboxylic acids is 1. The smallest absolute Gasteiger partial charge is 0.416 e. The Morgan fingerprint density at radius 2 is 1.88 bits per heavy atom. The highest BCUT2D eigenvalue weighted by Gasteiger charge is 2.30. The zero-order valence-electron chi connectivity index (χ0n) is 12.3. The number of benzene rings is 2. The normalized spacial score (nSPS) is 11.6. The average Bonchev–Trinajstić information content (AvgIpc) is 2.98. The molecule has 0 saturated heterocycles. The van der Waals surface area contributed by atoms with Crippen molar-refractivity contribution in [3.8, 4) is 11.1 Å². The van der Waals surface area contributed by atoms with Crippen LogP contribution >= 0.6 is 0 Å². The van der Waals surface area contributed by atoms with Gasteiger partial charge in [-0.1, -0.05) is 12.1 Å². The van der Waals surface area contributed by atoms with Crippen LogP contribution in [0.25, 0.3) is 22.0 Å². The highest BCUT2D eigenvalue weighted by atomic mass is 19.4. The van der Waals surface area contributed by atoms with Gasteiger partial charge in [0.05, 0.1) is 10.5 Å². The van der Waals surface area contributed by atoms with Crippen molar-refractivity contribution in [2.24, 2.45) is 0 Å². The molecule has 0 aliphatic carbocycles. The number of fused-ring (bicyclic) bond motifs is 1. The number of carbonyl (C=O) groups is 1. The first-order chi connectivity index (χ1) is 11.7. The molecule has 25 heavy (non-hydrogen) atoms. The highest BCUT2D eigenvalue weighted by Crippen LogP contribution is 2.37. The molecule has 3 aromatic rings. The van der Waals surface area contributed by atoms with Gasteiger partial charge in [-0.05, 0) is 35.4 Å². The summed E-state index contributed by atoms with van der Waals surface area (Å²) in [6, 6.07) is 8.05. The molecule has 0 atom stereocenters. The third-order valence-corrected chi connectivity index (χ3v) is 3.70. The number of non-ortho nitro benzene ring substituents is 1. The van der Waals surface area contributed by atoms with Crippen molar-refractivity contribution in [3.63, 3.8) is 0 Å². The molecule has 0 aliphatic rings. The Balaban J connectivity index is 2.29. The van der Waals surface area contributed by atoms with Crippen LogP contribution in [0.1, 0.15) is 16.1 Å². The summed E-state index contributed by atoms with van der Waals surface area (Å²) in [7, 11) is 0. The van der Waals surface area contributed by atoms with Gasteiger partial charge in [-0.15, -0.1) is 0 Å². The lowest BCUT2D eigenvalue weighted by atomic mass is 9.99. The van der Waals surface area contributed by atoms with E-state index in [-0.39, 0.29) is 33.4 Å². The van der Waals surface area contributed by atoms with Crippen molar-refractivity contribution in [1.82, 2.24) is 4.98 Å². The maximum absolute atomic E-state index is 12.9. The van der Waals surface area contributed by atoms with Gasteiger partial charge in [0.25, 0.3) is 5.69 Å². The van der Waals surface area contributed by atoms with E-state index in [1.165, 1.54) is 24.3 Å². The van der Waals surface area contributed by atoms with Crippen LogP contribution in [0.4, 0.5) is 18.9 Å². The molecule has 1 heterocycles. The third kappa shape index (κ3) is 2.91. The predicted octanol–water partition coefficient (Wildman–Crippen LogP) is 4.46. The van der Waals surface area contributed by atoms with Crippen LogP contribution in [0.15, 0.2) is 42.5 Å². The molecule has 128 valence electrons. The third-order valence-electron chi connectivity index (χ3n) is 3.70. The quantitative estimate of drug-likeness (QED) is 0.538. The number of nitrogens with zero attached hydrogens (tertiary/aromatic N) is 1. The monoisotopic (exact) mass is 350 g/mol. The number of hydrogen-bond donors (Lipinski definition) is 2. The largest absolute Gasteiger partial charge is 0.477 e. The Kier molecular flexibility index (Phi) is 3.71. The second-order valence-electron chi connectivity index (χ2n) is 5.24. The van der Waals surface area contributed by atoms with Crippen LogP contribution < -0.4 is 0 Å². The van der Waals surface area contributed by atoms with Crippen LogP contribution in [0.3, 0.4) is 0 Å². The zero-order chi connectivity index (χ0) is 18.4. The molecule has 1 aromatic heterocycles. The summed E-state index contributed by atoms with van der Waals surface area (Å²) in [6.45, 7) is 0. The highest BCUT2D eigenvalue weighted by molar-refractivity contribution is 6.04.